The Hall–Kier alpha value is -1.02. The van der Waals surface area contributed by atoms with Crippen LogP contribution >= 0.6 is 0 Å². The van der Waals surface area contributed by atoms with Crippen molar-refractivity contribution in [2.45, 2.75) is 39.2 Å². The number of hydrogen-bond donors (Lipinski definition) is 2. The van der Waals surface area contributed by atoms with E-state index in [1.165, 1.54) is 5.56 Å². The van der Waals surface area contributed by atoms with Gasteiger partial charge in [-0.3, -0.25) is 0 Å². The lowest BCUT2D eigenvalue weighted by atomic mass is 10.0. The second-order valence-corrected chi connectivity index (χ2v) is 4.33. The Labute approximate surface area is 92.9 Å². The van der Waals surface area contributed by atoms with Gasteiger partial charge in [-0.05, 0) is 30.0 Å². The molecule has 0 amide bonds. The highest BCUT2D eigenvalue weighted by Gasteiger charge is 2.00. The van der Waals surface area contributed by atoms with E-state index in [2.05, 4.69) is 50.4 Å². The first-order chi connectivity index (χ1) is 7.13. The molecule has 0 aliphatic carbocycles. The third-order valence-corrected chi connectivity index (χ3v) is 2.67. The summed E-state index contributed by atoms with van der Waals surface area (Å²) in [6, 6.07) is 8.83. The normalized spacial score (nSPS) is 12.9. The number of nitrogens with two attached hydrogens (primary N) is 1. The van der Waals surface area contributed by atoms with Gasteiger partial charge in [0.25, 0.3) is 0 Å². The number of hydrogen-bond acceptors (Lipinski definition) is 2. The Bertz CT molecular complexity index is 277. The molecule has 0 heterocycles. The average molecular weight is 206 g/mol. The molecule has 0 saturated heterocycles. The molecule has 3 N–H and O–H groups in total. The molecular formula is C13H22N2. The van der Waals surface area contributed by atoms with Crippen molar-refractivity contribution in [2.24, 2.45) is 5.73 Å². The van der Waals surface area contributed by atoms with Crippen molar-refractivity contribution in [3.63, 3.8) is 0 Å². The fraction of sp³-hybridized carbons (Fsp3) is 0.538. The van der Waals surface area contributed by atoms with Crippen LogP contribution in [0.25, 0.3) is 0 Å². The standard InChI is InChI=1S/C13H22N2/c1-4-12(14)9-15-13-7-5-11(6-8-13)10(2)3/h5-8,10,12,15H,4,9,14H2,1-3H3. The van der Waals surface area contributed by atoms with E-state index in [1.807, 2.05) is 0 Å². The molecule has 0 fully saturated rings. The lowest BCUT2D eigenvalue weighted by molar-refractivity contribution is 0.679. The smallest absolute Gasteiger partial charge is 0.0340 e. The Morgan fingerprint density at radius 1 is 1.20 bits per heavy atom. The first-order valence-electron chi connectivity index (χ1n) is 5.73. The van der Waals surface area contributed by atoms with Gasteiger partial charge in [-0.15, -0.1) is 0 Å². The Morgan fingerprint density at radius 3 is 2.27 bits per heavy atom. The van der Waals surface area contributed by atoms with Crippen LogP contribution in [-0.4, -0.2) is 12.6 Å². The van der Waals surface area contributed by atoms with Crippen LogP contribution in [0.4, 0.5) is 5.69 Å². The number of benzene rings is 1. The quantitative estimate of drug-likeness (QED) is 0.777. The van der Waals surface area contributed by atoms with Crippen molar-refractivity contribution in [1.82, 2.24) is 0 Å². The van der Waals surface area contributed by atoms with Gasteiger partial charge in [0.1, 0.15) is 0 Å². The highest BCUT2D eigenvalue weighted by molar-refractivity contribution is 5.45. The fourth-order valence-electron chi connectivity index (χ4n) is 1.38. The van der Waals surface area contributed by atoms with E-state index in [1.54, 1.807) is 0 Å². The van der Waals surface area contributed by atoms with Crippen molar-refractivity contribution >= 4 is 5.69 Å². The minimum absolute atomic E-state index is 0.245. The molecule has 0 spiro atoms. The third-order valence-electron chi connectivity index (χ3n) is 2.67. The first-order valence-corrected chi connectivity index (χ1v) is 5.73. The molecule has 1 rings (SSSR count). The summed E-state index contributed by atoms with van der Waals surface area (Å²) in [5.74, 6) is 0.594. The van der Waals surface area contributed by atoms with Gasteiger partial charge in [0.15, 0.2) is 0 Å². The van der Waals surface area contributed by atoms with Crippen LogP contribution in [0.1, 0.15) is 38.7 Å². The summed E-state index contributed by atoms with van der Waals surface area (Å²) in [6.07, 6.45) is 1.01. The van der Waals surface area contributed by atoms with Crippen LogP contribution in [0.3, 0.4) is 0 Å². The SMILES string of the molecule is CCC(N)CNc1ccc(C(C)C)cc1. The average Bonchev–Trinajstić information content (AvgIpc) is 2.26. The summed E-state index contributed by atoms with van der Waals surface area (Å²) in [6.45, 7) is 7.36. The van der Waals surface area contributed by atoms with Crippen LogP contribution in [0.2, 0.25) is 0 Å². The molecule has 1 unspecified atom stereocenters. The van der Waals surface area contributed by atoms with Crippen LogP contribution in [0, 0.1) is 0 Å². The van der Waals surface area contributed by atoms with E-state index >= 15 is 0 Å². The van der Waals surface area contributed by atoms with E-state index in [4.69, 9.17) is 5.73 Å². The van der Waals surface area contributed by atoms with E-state index < -0.39 is 0 Å². The summed E-state index contributed by atoms with van der Waals surface area (Å²) in [5.41, 5.74) is 8.37. The first kappa shape index (κ1) is 12.1. The van der Waals surface area contributed by atoms with Crippen LogP contribution in [0.5, 0.6) is 0 Å². The summed E-state index contributed by atoms with van der Waals surface area (Å²) in [4.78, 5) is 0. The Morgan fingerprint density at radius 2 is 1.80 bits per heavy atom. The fourth-order valence-corrected chi connectivity index (χ4v) is 1.38. The van der Waals surface area contributed by atoms with E-state index in [0.717, 1.165) is 18.7 Å². The zero-order valence-electron chi connectivity index (χ0n) is 9.96. The number of nitrogens with one attached hydrogen (secondary N) is 1. The summed E-state index contributed by atoms with van der Waals surface area (Å²) >= 11 is 0. The molecule has 0 aliphatic heterocycles. The van der Waals surface area contributed by atoms with Gasteiger partial charge in [0.2, 0.25) is 0 Å². The van der Waals surface area contributed by atoms with Crippen LogP contribution in [-0.2, 0) is 0 Å². The van der Waals surface area contributed by atoms with Gasteiger partial charge in [-0.2, -0.15) is 0 Å². The van der Waals surface area contributed by atoms with Gasteiger partial charge in [-0.25, -0.2) is 0 Å². The molecule has 1 aromatic rings. The van der Waals surface area contributed by atoms with E-state index in [-0.39, 0.29) is 6.04 Å². The molecule has 0 saturated carbocycles. The lowest BCUT2D eigenvalue weighted by Gasteiger charge is -2.12. The van der Waals surface area contributed by atoms with Gasteiger partial charge < -0.3 is 11.1 Å². The maximum absolute atomic E-state index is 5.84. The van der Waals surface area contributed by atoms with Gasteiger partial charge >= 0.3 is 0 Å². The van der Waals surface area contributed by atoms with Crippen LogP contribution in [0.15, 0.2) is 24.3 Å². The van der Waals surface area contributed by atoms with Gasteiger partial charge in [0, 0.05) is 18.3 Å². The summed E-state index contributed by atoms with van der Waals surface area (Å²) in [7, 11) is 0. The molecule has 1 atom stereocenters. The molecule has 0 aliphatic rings. The highest BCUT2D eigenvalue weighted by Crippen LogP contribution is 2.16. The Balaban J connectivity index is 2.50. The Kier molecular flexibility index (Phi) is 4.63. The van der Waals surface area contributed by atoms with E-state index in [0.29, 0.717) is 5.92 Å². The molecular weight excluding hydrogens is 184 g/mol. The molecule has 15 heavy (non-hydrogen) atoms. The second kappa shape index (κ2) is 5.76. The molecule has 0 radical (unpaired) electrons. The van der Waals surface area contributed by atoms with Crippen molar-refractivity contribution in [2.75, 3.05) is 11.9 Å². The largest absolute Gasteiger partial charge is 0.383 e. The lowest BCUT2D eigenvalue weighted by Crippen LogP contribution is -2.27. The topological polar surface area (TPSA) is 38.0 Å². The van der Waals surface area contributed by atoms with Crippen molar-refractivity contribution in [3.8, 4) is 0 Å². The monoisotopic (exact) mass is 206 g/mol. The molecule has 0 aromatic heterocycles. The second-order valence-electron chi connectivity index (χ2n) is 4.33. The molecule has 1 aromatic carbocycles. The van der Waals surface area contributed by atoms with Crippen LogP contribution < -0.4 is 11.1 Å². The van der Waals surface area contributed by atoms with Gasteiger partial charge in [-0.1, -0.05) is 32.9 Å². The maximum Gasteiger partial charge on any atom is 0.0340 e. The van der Waals surface area contributed by atoms with Gasteiger partial charge in [0.05, 0.1) is 0 Å². The van der Waals surface area contributed by atoms with Crippen molar-refractivity contribution in [1.29, 1.82) is 0 Å². The minimum atomic E-state index is 0.245. The molecule has 0 bridgehead atoms. The third kappa shape index (κ3) is 3.92. The maximum atomic E-state index is 5.84. The number of anilines is 1. The molecule has 84 valence electrons. The predicted molar refractivity (Wildman–Crippen MR) is 67.3 cm³/mol. The zero-order chi connectivity index (χ0) is 11.3. The van der Waals surface area contributed by atoms with E-state index in [9.17, 15) is 0 Å². The molecule has 2 nitrogen and oxygen atoms in total. The minimum Gasteiger partial charge on any atom is -0.383 e. The summed E-state index contributed by atoms with van der Waals surface area (Å²) < 4.78 is 0. The zero-order valence-corrected chi connectivity index (χ0v) is 9.96. The highest BCUT2D eigenvalue weighted by atomic mass is 14.9. The predicted octanol–water partition coefficient (Wildman–Crippen LogP) is 2.96. The summed E-state index contributed by atoms with van der Waals surface area (Å²) in [5, 5.41) is 3.34. The number of rotatable bonds is 5. The van der Waals surface area contributed by atoms with Crippen molar-refractivity contribution < 1.29 is 0 Å². The molecule has 2 heteroatoms. The van der Waals surface area contributed by atoms with Crippen molar-refractivity contribution in [3.05, 3.63) is 29.8 Å².